The number of nitrogens with one attached hydrogen (secondary N) is 2. The SMILES string of the molecule is COc1cccc(C(=O)Nc2ccc(N3CCNCC3)cn2)c1OC. The van der Waals surface area contributed by atoms with E-state index in [9.17, 15) is 4.79 Å². The molecule has 2 N–H and O–H groups in total. The Morgan fingerprint density at radius 2 is 1.96 bits per heavy atom. The van der Waals surface area contributed by atoms with Gasteiger partial charge in [0.1, 0.15) is 5.82 Å². The molecular formula is C18H22N4O3. The fourth-order valence-electron chi connectivity index (χ4n) is 2.82. The maximum Gasteiger partial charge on any atom is 0.260 e. The number of anilines is 2. The van der Waals surface area contributed by atoms with Crippen molar-refractivity contribution in [3.05, 3.63) is 42.1 Å². The number of aromatic nitrogens is 1. The van der Waals surface area contributed by atoms with E-state index in [2.05, 4.69) is 20.5 Å². The van der Waals surface area contributed by atoms with E-state index >= 15 is 0 Å². The molecule has 1 aliphatic rings. The molecule has 1 amide bonds. The molecule has 1 aliphatic heterocycles. The number of benzene rings is 1. The van der Waals surface area contributed by atoms with Gasteiger partial charge in [-0.3, -0.25) is 4.79 Å². The molecule has 2 heterocycles. The molecule has 0 aliphatic carbocycles. The van der Waals surface area contributed by atoms with Gasteiger partial charge >= 0.3 is 0 Å². The van der Waals surface area contributed by atoms with Gasteiger partial charge in [0, 0.05) is 26.2 Å². The second kappa shape index (κ2) is 7.85. The van der Waals surface area contributed by atoms with Crippen LogP contribution in [0, 0.1) is 0 Å². The number of nitrogens with zero attached hydrogens (tertiary/aromatic N) is 2. The molecule has 1 fully saturated rings. The zero-order valence-corrected chi connectivity index (χ0v) is 14.4. The highest BCUT2D eigenvalue weighted by atomic mass is 16.5. The Labute approximate surface area is 147 Å². The van der Waals surface area contributed by atoms with Crippen molar-refractivity contribution in [2.24, 2.45) is 0 Å². The first-order valence-corrected chi connectivity index (χ1v) is 8.17. The number of methoxy groups -OCH3 is 2. The van der Waals surface area contributed by atoms with Crippen LogP contribution in [0.3, 0.4) is 0 Å². The number of hydrogen-bond acceptors (Lipinski definition) is 6. The van der Waals surface area contributed by atoms with Gasteiger partial charge in [0.05, 0.1) is 31.7 Å². The molecule has 132 valence electrons. The van der Waals surface area contributed by atoms with Gasteiger partial charge in [-0.2, -0.15) is 0 Å². The van der Waals surface area contributed by atoms with Crippen LogP contribution in [-0.2, 0) is 0 Å². The summed E-state index contributed by atoms with van der Waals surface area (Å²) in [6, 6.07) is 8.96. The molecule has 0 spiro atoms. The summed E-state index contributed by atoms with van der Waals surface area (Å²) in [4.78, 5) is 19.2. The summed E-state index contributed by atoms with van der Waals surface area (Å²) < 4.78 is 10.5. The Kier molecular flexibility index (Phi) is 5.35. The van der Waals surface area contributed by atoms with E-state index in [-0.39, 0.29) is 5.91 Å². The molecule has 0 atom stereocenters. The Morgan fingerprint density at radius 1 is 1.16 bits per heavy atom. The predicted molar refractivity (Wildman–Crippen MR) is 96.8 cm³/mol. The second-order valence-corrected chi connectivity index (χ2v) is 5.63. The van der Waals surface area contributed by atoms with Crippen LogP contribution in [0.5, 0.6) is 11.5 Å². The molecule has 1 saturated heterocycles. The summed E-state index contributed by atoms with van der Waals surface area (Å²) in [6.07, 6.45) is 1.78. The van der Waals surface area contributed by atoms with E-state index in [0.717, 1.165) is 31.9 Å². The summed E-state index contributed by atoms with van der Waals surface area (Å²) >= 11 is 0. The molecule has 1 aromatic carbocycles. The lowest BCUT2D eigenvalue weighted by molar-refractivity contribution is 0.102. The lowest BCUT2D eigenvalue weighted by Crippen LogP contribution is -2.43. The van der Waals surface area contributed by atoms with Crippen LogP contribution in [0.1, 0.15) is 10.4 Å². The van der Waals surface area contributed by atoms with Gasteiger partial charge in [0.25, 0.3) is 5.91 Å². The number of hydrogen-bond donors (Lipinski definition) is 2. The van der Waals surface area contributed by atoms with Gasteiger partial charge in [-0.15, -0.1) is 0 Å². The summed E-state index contributed by atoms with van der Waals surface area (Å²) in [5.41, 5.74) is 1.45. The van der Waals surface area contributed by atoms with Crippen molar-refractivity contribution in [1.29, 1.82) is 0 Å². The van der Waals surface area contributed by atoms with Crippen molar-refractivity contribution in [3.8, 4) is 11.5 Å². The van der Waals surface area contributed by atoms with E-state index in [1.165, 1.54) is 14.2 Å². The van der Waals surface area contributed by atoms with Gasteiger partial charge in [0.2, 0.25) is 0 Å². The monoisotopic (exact) mass is 342 g/mol. The average molecular weight is 342 g/mol. The molecule has 0 bridgehead atoms. The van der Waals surface area contributed by atoms with Crippen LogP contribution in [-0.4, -0.2) is 51.3 Å². The van der Waals surface area contributed by atoms with E-state index in [0.29, 0.717) is 22.9 Å². The Balaban J connectivity index is 1.73. The third-order valence-electron chi connectivity index (χ3n) is 4.12. The molecule has 0 radical (unpaired) electrons. The third-order valence-corrected chi connectivity index (χ3v) is 4.12. The van der Waals surface area contributed by atoms with Crippen molar-refractivity contribution in [3.63, 3.8) is 0 Å². The van der Waals surface area contributed by atoms with Gasteiger partial charge < -0.3 is 25.0 Å². The Hall–Kier alpha value is -2.80. The minimum Gasteiger partial charge on any atom is -0.493 e. The van der Waals surface area contributed by atoms with E-state index in [4.69, 9.17) is 9.47 Å². The average Bonchev–Trinajstić information content (AvgIpc) is 2.68. The minimum atomic E-state index is -0.293. The topological polar surface area (TPSA) is 75.7 Å². The molecule has 7 nitrogen and oxygen atoms in total. The fourth-order valence-corrected chi connectivity index (χ4v) is 2.82. The normalized spacial score (nSPS) is 14.1. The highest BCUT2D eigenvalue weighted by molar-refractivity contribution is 6.06. The van der Waals surface area contributed by atoms with Gasteiger partial charge in [-0.05, 0) is 24.3 Å². The largest absolute Gasteiger partial charge is 0.493 e. The standard InChI is InChI=1S/C18H22N4O3/c1-24-15-5-3-4-14(17(15)25-2)18(23)21-16-7-6-13(12-20-16)22-10-8-19-9-11-22/h3-7,12,19H,8-11H2,1-2H3,(H,20,21,23). The highest BCUT2D eigenvalue weighted by Gasteiger charge is 2.17. The fraction of sp³-hybridized carbons (Fsp3) is 0.333. The van der Waals surface area contributed by atoms with Crippen molar-refractivity contribution < 1.29 is 14.3 Å². The number of piperazine rings is 1. The van der Waals surface area contributed by atoms with Crippen LogP contribution in [0.25, 0.3) is 0 Å². The van der Waals surface area contributed by atoms with Crippen LogP contribution >= 0.6 is 0 Å². The quantitative estimate of drug-likeness (QED) is 0.862. The lowest BCUT2D eigenvalue weighted by Gasteiger charge is -2.29. The molecule has 2 aromatic rings. The molecule has 0 unspecified atom stereocenters. The molecule has 0 saturated carbocycles. The summed E-state index contributed by atoms with van der Waals surface area (Å²) in [5.74, 6) is 1.11. The summed E-state index contributed by atoms with van der Waals surface area (Å²) in [7, 11) is 3.05. The number of ether oxygens (including phenoxy) is 2. The van der Waals surface area contributed by atoms with Crippen LogP contribution < -0.4 is 25.0 Å². The minimum absolute atomic E-state index is 0.293. The van der Waals surface area contributed by atoms with E-state index in [1.54, 1.807) is 24.4 Å². The van der Waals surface area contributed by atoms with E-state index in [1.807, 2.05) is 12.1 Å². The number of carbonyl (C=O) groups is 1. The smallest absolute Gasteiger partial charge is 0.260 e. The maximum atomic E-state index is 12.5. The highest BCUT2D eigenvalue weighted by Crippen LogP contribution is 2.31. The molecule has 7 heteroatoms. The molecule has 3 rings (SSSR count). The molecule has 25 heavy (non-hydrogen) atoms. The molecule has 1 aromatic heterocycles. The van der Waals surface area contributed by atoms with Crippen molar-refractivity contribution in [2.45, 2.75) is 0 Å². The first-order valence-electron chi connectivity index (χ1n) is 8.17. The Morgan fingerprint density at radius 3 is 2.60 bits per heavy atom. The first-order chi connectivity index (χ1) is 12.2. The zero-order chi connectivity index (χ0) is 17.6. The Bertz CT molecular complexity index is 728. The van der Waals surface area contributed by atoms with Crippen molar-refractivity contribution in [2.75, 3.05) is 50.6 Å². The third kappa shape index (κ3) is 3.83. The second-order valence-electron chi connectivity index (χ2n) is 5.63. The van der Waals surface area contributed by atoms with Crippen LogP contribution in [0.15, 0.2) is 36.5 Å². The van der Waals surface area contributed by atoms with Crippen molar-refractivity contribution in [1.82, 2.24) is 10.3 Å². The number of para-hydroxylation sites is 1. The van der Waals surface area contributed by atoms with E-state index < -0.39 is 0 Å². The summed E-state index contributed by atoms with van der Waals surface area (Å²) in [5, 5.41) is 6.12. The number of pyridine rings is 1. The van der Waals surface area contributed by atoms with Gasteiger partial charge in [0.15, 0.2) is 11.5 Å². The number of rotatable bonds is 5. The first kappa shape index (κ1) is 17.0. The number of amides is 1. The molecular weight excluding hydrogens is 320 g/mol. The van der Waals surface area contributed by atoms with Gasteiger partial charge in [-0.25, -0.2) is 4.98 Å². The number of carbonyl (C=O) groups excluding carboxylic acids is 1. The summed E-state index contributed by atoms with van der Waals surface area (Å²) in [6.45, 7) is 3.84. The zero-order valence-electron chi connectivity index (χ0n) is 14.4. The van der Waals surface area contributed by atoms with Crippen molar-refractivity contribution >= 4 is 17.4 Å². The van der Waals surface area contributed by atoms with Crippen LogP contribution in [0.4, 0.5) is 11.5 Å². The predicted octanol–water partition coefficient (Wildman–Crippen LogP) is 1.76. The van der Waals surface area contributed by atoms with Gasteiger partial charge in [-0.1, -0.05) is 6.07 Å². The maximum absolute atomic E-state index is 12.5. The lowest BCUT2D eigenvalue weighted by atomic mass is 10.1. The van der Waals surface area contributed by atoms with Crippen LogP contribution in [0.2, 0.25) is 0 Å².